The Labute approximate surface area is 150 Å². The number of carbonyl (C=O) groups is 1. The van der Waals surface area contributed by atoms with Crippen molar-refractivity contribution in [2.75, 3.05) is 13.7 Å². The quantitative estimate of drug-likeness (QED) is 0.742. The number of hydrogen-bond donors (Lipinski definition) is 1. The third kappa shape index (κ3) is 6.14. The summed E-state index contributed by atoms with van der Waals surface area (Å²) in [5, 5.41) is 2.94. The number of hydrogen-bond acceptors (Lipinski definition) is 3. The summed E-state index contributed by atoms with van der Waals surface area (Å²) in [6, 6.07) is 14.0. The fraction of sp³-hybridized carbons (Fsp3) is 0.381. The van der Waals surface area contributed by atoms with Gasteiger partial charge in [-0.25, -0.2) is 0 Å². The van der Waals surface area contributed by atoms with Crippen molar-refractivity contribution < 1.29 is 14.3 Å². The van der Waals surface area contributed by atoms with Crippen LogP contribution in [0.1, 0.15) is 30.0 Å². The van der Waals surface area contributed by atoms with Crippen molar-refractivity contribution in [2.24, 2.45) is 0 Å². The highest BCUT2D eigenvalue weighted by molar-refractivity contribution is 5.80. The normalized spacial score (nSPS) is 11.7. The lowest BCUT2D eigenvalue weighted by Gasteiger charge is -2.15. The van der Waals surface area contributed by atoms with E-state index < -0.39 is 6.10 Å². The summed E-state index contributed by atoms with van der Waals surface area (Å²) in [6.45, 7) is 6.44. The lowest BCUT2D eigenvalue weighted by molar-refractivity contribution is -0.127. The molecule has 0 saturated heterocycles. The SMILES string of the molecule is COc1ccc(CCCNC(=O)C(C)Oc2cc(C)cc(C)c2)cc1. The molecule has 1 amide bonds. The van der Waals surface area contributed by atoms with Gasteiger partial charge < -0.3 is 14.8 Å². The Morgan fingerprint density at radius 3 is 2.28 bits per heavy atom. The van der Waals surface area contributed by atoms with Crippen molar-refractivity contribution in [2.45, 2.75) is 39.7 Å². The number of ether oxygens (including phenoxy) is 2. The monoisotopic (exact) mass is 341 g/mol. The molecule has 1 unspecified atom stereocenters. The molecule has 2 aromatic rings. The molecule has 2 rings (SSSR count). The minimum atomic E-state index is -0.512. The second-order valence-corrected chi connectivity index (χ2v) is 6.33. The van der Waals surface area contributed by atoms with Gasteiger partial charge in [-0.3, -0.25) is 4.79 Å². The molecule has 0 heterocycles. The predicted octanol–water partition coefficient (Wildman–Crippen LogP) is 3.83. The van der Waals surface area contributed by atoms with Crippen LogP contribution in [0.5, 0.6) is 11.5 Å². The molecule has 4 heteroatoms. The van der Waals surface area contributed by atoms with Crippen LogP contribution in [-0.2, 0) is 11.2 Å². The standard InChI is InChI=1S/C21H27NO3/c1-15-12-16(2)14-20(13-15)25-17(3)21(23)22-11-5-6-18-7-9-19(24-4)10-8-18/h7-10,12-14,17H,5-6,11H2,1-4H3,(H,22,23). The number of aryl methyl sites for hydroxylation is 3. The molecule has 0 aliphatic rings. The van der Waals surface area contributed by atoms with E-state index in [0.717, 1.165) is 35.5 Å². The largest absolute Gasteiger partial charge is 0.497 e. The summed E-state index contributed by atoms with van der Waals surface area (Å²) in [7, 11) is 1.66. The van der Waals surface area contributed by atoms with E-state index in [9.17, 15) is 4.79 Å². The highest BCUT2D eigenvalue weighted by Crippen LogP contribution is 2.17. The molecule has 2 aromatic carbocycles. The maximum Gasteiger partial charge on any atom is 0.260 e. The predicted molar refractivity (Wildman–Crippen MR) is 100 cm³/mol. The number of nitrogens with one attached hydrogen (secondary N) is 1. The van der Waals surface area contributed by atoms with Crippen LogP contribution in [-0.4, -0.2) is 25.7 Å². The maximum absolute atomic E-state index is 12.2. The molecule has 0 saturated carbocycles. The second kappa shape index (κ2) is 9.11. The summed E-state index contributed by atoms with van der Waals surface area (Å²) < 4.78 is 10.9. The molecule has 1 atom stereocenters. The smallest absolute Gasteiger partial charge is 0.260 e. The van der Waals surface area contributed by atoms with E-state index >= 15 is 0 Å². The highest BCUT2D eigenvalue weighted by atomic mass is 16.5. The van der Waals surface area contributed by atoms with E-state index in [1.807, 2.05) is 50.2 Å². The highest BCUT2D eigenvalue weighted by Gasteiger charge is 2.14. The van der Waals surface area contributed by atoms with E-state index in [1.54, 1.807) is 14.0 Å². The van der Waals surface area contributed by atoms with Crippen LogP contribution in [0.15, 0.2) is 42.5 Å². The fourth-order valence-electron chi connectivity index (χ4n) is 2.70. The molecule has 0 fully saturated rings. The van der Waals surface area contributed by atoms with Gasteiger partial charge in [-0.05, 0) is 74.6 Å². The Bertz CT molecular complexity index is 675. The molecule has 1 N–H and O–H groups in total. The van der Waals surface area contributed by atoms with E-state index in [-0.39, 0.29) is 5.91 Å². The first-order chi connectivity index (χ1) is 12.0. The van der Waals surface area contributed by atoms with Crippen molar-refractivity contribution in [3.63, 3.8) is 0 Å². The van der Waals surface area contributed by atoms with E-state index in [2.05, 4.69) is 11.4 Å². The molecule has 134 valence electrons. The lowest BCUT2D eigenvalue weighted by atomic mass is 10.1. The van der Waals surface area contributed by atoms with Crippen molar-refractivity contribution >= 4 is 5.91 Å². The first-order valence-electron chi connectivity index (χ1n) is 8.63. The van der Waals surface area contributed by atoms with Gasteiger partial charge >= 0.3 is 0 Å². The van der Waals surface area contributed by atoms with Gasteiger partial charge in [0.15, 0.2) is 6.10 Å². The van der Waals surface area contributed by atoms with Gasteiger partial charge in [0.05, 0.1) is 7.11 Å². The third-order valence-corrected chi connectivity index (χ3v) is 3.98. The number of amides is 1. The van der Waals surface area contributed by atoms with E-state index in [4.69, 9.17) is 9.47 Å². The number of methoxy groups -OCH3 is 1. The van der Waals surface area contributed by atoms with Crippen molar-refractivity contribution in [3.05, 3.63) is 59.2 Å². The Hall–Kier alpha value is -2.49. The zero-order valence-electron chi connectivity index (χ0n) is 15.5. The lowest BCUT2D eigenvalue weighted by Crippen LogP contribution is -2.37. The topological polar surface area (TPSA) is 47.6 Å². The number of carbonyl (C=O) groups excluding carboxylic acids is 1. The molecular formula is C21H27NO3. The summed E-state index contributed by atoms with van der Waals surface area (Å²) in [5.41, 5.74) is 3.48. The van der Waals surface area contributed by atoms with E-state index in [0.29, 0.717) is 6.54 Å². The van der Waals surface area contributed by atoms with Gasteiger partial charge in [-0.2, -0.15) is 0 Å². The van der Waals surface area contributed by atoms with Gasteiger partial charge in [0, 0.05) is 6.54 Å². The Balaban J connectivity index is 1.73. The molecule has 0 radical (unpaired) electrons. The summed E-state index contributed by atoms with van der Waals surface area (Å²) >= 11 is 0. The van der Waals surface area contributed by atoms with Gasteiger partial charge in [0.25, 0.3) is 5.91 Å². The fourth-order valence-corrected chi connectivity index (χ4v) is 2.70. The molecule has 4 nitrogen and oxygen atoms in total. The summed E-state index contributed by atoms with van der Waals surface area (Å²) in [5.74, 6) is 1.50. The molecule has 0 spiro atoms. The minimum Gasteiger partial charge on any atom is -0.497 e. The van der Waals surface area contributed by atoms with Crippen LogP contribution in [0.25, 0.3) is 0 Å². The van der Waals surface area contributed by atoms with Gasteiger partial charge in [-0.15, -0.1) is 0 Å². The second-order valence-electron chi connectivity index (χ2n) is 6.33. The van der Waals surface area contributed by atoms with Crippen molar-refractivity contribution in [1.82, 2.24) is 5.32 Å². The third-order valence-electron chi connectivity index (χ3n) is 3.98. The molecule has 0 aliphatic carbocycles. The maximum atomic E-state index is 12.2. The molecular weight excluding hydrogens is 314 g/mol. The van der Waals surface area contributed by atoms with Crippen molar-refractivity contribution in [1.29, 1.82) is 0 Å². The first-order valence-corrected chi connectivity index (χ1v) is 8.63. The van der Waals surface area contributed by atoms with Crippen LogP contribution in [0.3, 0.4) is 0 Å². The Morgan fingerprint density at radius 1 is 1.04 bits per heavy atom. The van der Waals surface area contributed by atoms with Crippen molar-refractivity contribution in [3.8, 4) is 11.5 Å². The number of benzene rings is 2. The van der Waals surface area contributed by atoms with Crippen LogP contribution < -0.4 is 14.8 Å². The number of rotatable bonds is 8. The van der Waals surface area contributed by atoms with Gasteiger partial charge in [0.2, 0.25) is 0 Å². The van der Waals surface area contributed by atoms with E-state index in [1.165, 1.54) is 5.56 Å². The first kappa shape index (κ1) is 18.8. The van der Waals surface area contributed by atoms with Gasteiger partial charge in [0.1, 0.15) is 11.5 Å². The Morgan fingerprint density at radius 2 is 1.68 bits per heavy atom. The van der Waals surface area contributed by atoms with Gasteiger partial charge in [-0.1, -0.05) is 18.2 Å². The molecule has 0 bridgehead atoms. The average molecular weight is 341 g/mol. The Kier molecular flexibility index (Phi) is 6.87. The average Bonchev–Trinajstić information content (AvgIpc) is 2.58. The molecule has 0 aliphatic heterocycles. The summed E-state index contributed by atoms with van der Waals surface area (Å²) in [4.78, 5) is 12.2. The zero-order valence-corrected chi connectivity index (χ0v) is 15.5. The van der Waals surface area contributed by atoms with Crippen LogP contribution in [0.2, 0.25) is 0 Å². The van der Waals surface area contributed by atoms with Crippen LogP contribution in [0.4, 0.5) is 0 Å². The summed E-state index contributed by atoms with van der Waals surface area (Å²) in [6.07, 6.45) is 1.28. The van der Waals surface area contributed by atoms with Crippen LogP contribution in [0, 0.1) is 13.8 Å². The van der Waals surface area contributed by atoms with Crippen LogP contribution >= 0.6 is 0 Å². The zero-order chi connectivity index (χ0) is 18.2. The molecule has 25 heavy (non-hydrogen) atoms. The minimum absolute atomic E-state index is 0.0890. The molecule has 0 aromatic heterocycles.